The van der Waals surface area contributed by atoms with Crippen LogP contribution in [0, 0.1) is 0 Å². The molecule has 1 fully saturated rings. The van der Waals surface area contributed by atoms with Gasteiger partial charge < -0.3 is 15.3 Å². The number of hydrogen-bond acceptors (Lipinski definition) is 3. The Bertz CT molecular complexity index is 298. The predicted molar refractivity (Wildman–Crippen MR) is 68.3 cm³/mol. The zero-order valence-electron chi connectivity index (χ0n) is 10.5. The van der Waals surface area contributed by atoms with Gasteiger partial charge in [-0.1, -0.05) is 13.8 Å². The van der Waals surface area contributed by atoms with Crippen molar-refractivity contribution < 1.29 is 14.7 Å². The number of nitrogens with one attached hydrogen (secondary N) is 1. The molecule has 1 aliphatic heterocycles. The molecule has 0 saturated carbocycles. The molecule has 0 radical (unpaired) electrons. The standard InChI is InChI=1S/C11H20N2O3S/c1-4-9(10(14)15)12-11(16)13-5-6-17-8(3)7(13)2/h7-9H,4-6H2,1-3H3,(H,12,16)(H,14,15). The Morgan fingerprint density at radius 3 is 2.71 bits per heavy atom. The number of nitrogens with zero attached hydrogens (tertiary/aromatic N) is 1. The van der Waals surface area contributed by atoms with Crippen LogP contribution >= 0.6 is 11.8 Å². The van der Waals surface area contributed by atoms with Gasteiger partial charge in [0.25, 0.3) is 0 Å². The first-order valence-electron chi connectivity index (χ1n) is 5.89. The molecule has 0 bridgehead atoms. The molecule has 0 spiro atoms. The van der Waals surface area contributed by atoms with Gasteiger partial charge in [0.1, 0.15) is 6.04 Å². The van der Waals surface area contributed by atoms with Crippen molar-refractivity contribution in [1.29, 1.82) is 0 Å². The number of aliphatic carboxylic acids is 1. The minimum Gasteiger partial charge on any atom is -0.480 e. The van der Waals surface area contributed by atoms with E-state index in [1.807, 2.05) is 18.7 Å². The Morgan fingerprint density at radius 1 is 1.53 bits per heavy atom. The van der Waals surface area contributed by atoms with Gasteiger partial charge in [-0.25, -0.2) is 9.59 Å². The second-order valence-electron chi connectivity index (χ2n) is 4.26. The number of hydrogen-bond donors (Lipinski definition) is 2. The van der Waals surface area contributed by atoms with E-state index in [-0.39, 0.29) is 12.1 Å². The highest BCUT2D eigenvalue weighted by Crippen LogP contribution is 2.24. The maximum Gasteiger partial charge on any atom is 0.326 e. The quantitative estimate of drug-likeness (QED) is 0.804. The lowest BCUT2D eigenvalue weighted by atomic mass is 10.2. The summed E-state index contributed by atoms with van der Waals surface area (Å²) in [5.74, 6) is -0.0732. The molecule has 0 aromatic carbocycles. The van der Waals surface area contributed by atoms with Gasteiger partial charge in [-0.3, -0.25) is 0 Å². The largest absolute Gasteiger partial charge is 0.480 e. The maximum absolute atomic E-state index is 12.0. The Hall–Kier alpha value is -0.910. The number of carboxylic acid groups (broad SMARTS) is 1. The molecular formula is C11H20N2O3S. The number of carbonyl (C=O) groups is 2. The van der Waals surface area contributed by atoms with E-state index in [1.165, 1.54) is 0 Å². The molecule has 0 aromatic rings. The molecule has 6 heteroatoms. The van der Waals surface area contributed by atoms with Crippen molar-refractivity contribution in [2.24, 2.45) is 0 Å². The molecule has 1 aliphatic rings. The van der Waals surface area contributed by atoms with Gasteiger partial charge in [0, 0.05) is 23.6 Å². The third kappa shape index (κ3) is 3.52. The average molecular weight is 260 g/mol. The number of thioether (sulfide) groups is 1. The Morgan fingerprint density at radius 2 is 2.18 bits per heavy atom. The van der Waals surface area contributed by atoms with E-state index in [9.17, 15) is 9.59 Å². The summed E-state index contributed by atoms with van der Waals surface area (Å²) in [5.41, 5.74) is 0. The minimum atomic E-state index is -0.979. The van der Waals surface area contributed by atoms with Crippen molar-refractivity contribution in [3.63, 3.8) is 0 Å². The maximum atomic E-state index is 12.0. The van der Waals surface area contributed by atoms with Crippen LogP contribution in [0.5, 0.6) is 0 Å². The molecule has 1 rings (SSSR count). The molecule has 17 heavy (non-hydrogen) atoms. The summed E-state index contributed by atoms with van der Waals surface area (Å²) < 4.78 is 0. The van der Waals surface area contributed by atoms with Gasteiger partial charge in [0.2, 0.25) is 0 Å². The number of carbonyl (C=O) groups excluding carboxylic acids is 1. The lowest BCUT2D eigenvalue weighted by molar-refractivity contribution is -0.139. The summed E-state index contributed by atoms with van der Waals surface area (Å²) in [7, 11) is 0. The van der Waals surface area contributed by atoms with Gasteiger partial charge in [-0.2, -0.15) is 11.8 Å². The van der Waals surface area contributed by atoms with E-state index in [0.717, 1.165) is 5.75 Å². The molecule has 3 unspecified atom stereocenters. The molecule has 1 heterocycles. The molecule has 5 nitrogen and oxygen atoms in total. The fourth-order valence-corrected chi connectivity index (χ4v) is 2.89. The van der Waals surface area contributed by atoms with Crippen LogP contribution in [0.4, 0.5) is 4.79 Å². The smallest absolute Gasteiger partial charge is 0.326 e. The van der Waals surface area contributed by atoms with Gasteiger partial charge in [0.15, 0.2) is 0 Å². The van der Waals surface area contributed by atoms with Crippen LogP contribution in [0.1, 0.15) is 27.2 Å². The molecule has 3 atom stereocenters. The van der Waals surface area contributed by atoms with E-state index >= 15 is 0 Å². The molecule has 2 N–H and O–H groups in total. The second kappa shape index (κ2) is 6.14. The first-order valence-corrected chi connectivity index (χ1v) is 6.93. The topological polar surface area (TPSA) is 69.6 Å². The van der Waals surface area contributed by atoms with Crippen molar-refractivity contribution in [1.82, 2.24) is 10.2 Å². The van der Waals surface area contributed by atoms with Crippen molar-refractivity contribution in [3.05, 3.63) is 0 Å². The first-order chi connectivity index (χ1) is 7.97. The summed E-state index contributed by atoms with van der Waals surface area (Å²) in [4.78, 5) is 24.6. The molecule has 98 valence electrons. The number of urea groups is 1. The molecule has 0 aliphatic carbocycles. The number of carboxylic acids is 1. The third-order valence-corrected chi connectivity index (χ3v) is 4.49. The summed E-state index contributed by atoms with van der Waals surface area (Å²) in [6, 6.07) is -0.918. The Labute approximate surface area is 106 Å². The van der Waals surface area contributed by atoms with Crippen molar-refractivity contribution in [2.75, 3.05) is 12.3 Å². The summed E-state index contributed by atoms with van der Waals surface area (Å²) in [5, 5.41) is 11.9. The number of amides is 2. The highest BCUT2D eigenvalue weighted by atomic mass is 32.2. The highest BCUT2D eigenvalue weighted by Gasteiger charge is 2.30. The van der Waals surface area contributed by atoms with E-state index in [4.69, 9.17) is 5.11 Å². The van der Waals surface area contributed by atoms with Crippen LogP contribution in [0.25, 0.3) is 0 Å². The lowest BCUT2D eigenvalue weighted by Crippen LogP contribution is -2.55. The van der Waals surface area contributed by atoms with Crippen LogP contribution in [0.15, 0.2) is 0 Å². The summed E-state index contributed by atoms with van der Waals surface area (Å²) >= 11 is 1.84. The Balaban J connectivity index is 2.60. The molecule has 1 saturated heterocycles. The molecule has 2 amide bonds. The van der Waals surface area contributed by atoms with Crippen molar-refractivity contribution >= 4 is 23.8 Å². The van der Waals surface area contributed by atoms with Crippen LogP contribution in [0.3, 0.4) is 0 Å². The second-order valence-corrected chi connectivity index (χ2v) is 5.74. The van der Waals surface area contributed by atoms with E-state index < -0.39 is 12.0 Å². The predicted octanol–water partition coefficient (Wildman–Crippen LogP) is 1.39. The van der Waals surface area contributed by atoms with Gasteiger partial charge >= 0.3 is 12.0 Å². The zero-order valence-corrected chi connectivity index (χ0v) is 11.3. The van der Waals surface area contributed by atoms with E-state index in [0.29, 0.717) is 18.2 Å². The average Bonchev–Trinajstić information content (AvgIpc) is 2.28. The van der Waals surface area contributed by atoms with Crippen molar-refractivity contribution in [2.45, 2.75) is 44.5 Å². The van der Waals surface area contributed by atoms with Crippen molar-refractivity contribution in [3.8, 4) is 0 Å². The minimum absolute atomic E-state index is 0.139. The number of rotatable bonds is 3. The normalized spacial score (nSPS) is 26.4. The zero-order chi connectivity index (χ0) is 13.0. The fraction of sp³-hybridized carbons (Fsp3) is 0.818. The first kappa shape index (κ1) is 14.2. The molecular weight excluding hydrogens is 240 g/mol. The molecule has 0 aromatic heterocycles. The van der Waals surface area contributed by atoms with Gasteiger partial charge in [-0.05, 0) is 13.3 Å². The Kier molecular flexibility index (Phi) is 5.11. The fourth-order valence-electron chi connectivity index (χ4n) is 1.79. The van der Waals surface area contributed by atoms with Crippen LogP contribution < -0.4 is 5.32 Å². The van der Waals surface area contributed by atoms with Crippen LogP contribution in [-0.4, -0.2) is 51.6 Å². The third-order valence-electron chi connectivity index (χ3n) is 3.15. The monoisotopic (exact) mass is 260 g/mol. The van der Waals surface area contributed by atoms with Gasteiger partial charge in [0.05, 0.1) is 0 Å². The summed E-state index contributed by atoms with van der Waals surface area (Å²) in [6.45, 7) is 6.51. The van der Waals surface area contributed by atoms with E-state index in [2.05, 4.69) is 12.2 Å². The van der Waals surface area contributed by atoms with Crippen LogP contribution in [-0.2, 0) is 4.79 Å². The van der Waals surface area contributed by atoms with Crippen LogP contribution in [0.2, 0.25) is 0 Å². The lowest BCUT2D eigenvalue weighted by Gasteiger charge is -2.37. The van der Waals surface area contributed by atoms with Gasteiger partial charge in [-0.15, -0.1) is 0 Å². The SMILES string of the molecule is CCC(NC(=O)N1CCSC(C)C1C)C(=O)O. The summed E-state index contributed by atoms with van der Waals surface area (Å²) in [6.07, 6.45) is 0.396. The van der Waals surface area contributed by atoms with E-state index in [1.54, 1.807) is 11.8 Å². The highest BCUT2D eigenvalue weighted by molar-refractivity contribution is 8.00.